The summed E-state index contributed by atoms with van der Waals surface area (Å²) in [6.45, 7) is 1.89. The van der Waals surface area contributed by atoms with E-state index >= 15 is 0 Å². The van der Waals surface area contributed by atoms with Crippen LogP contribution < -0.4 is 5.32 Å². The number of carbonyl (C=O) groups is 1. The monoisotopic (exact) mass is 257 g/mol. The lowest BCUT2D eigenvalue weighted by molar-refractivity contribution is 0.102. The summed E-state index contributed by atoms with van der Waals surface area (Å²) >= 11 is 0. The third kappa shape index (κ3) is 2.88. The van der Waals surface area contributed by atoms with Gasteiger partial charge in [-0.25, -0.2) is 0 Å². The van der Waals surface area contributed by atoms with Crippen LogP contribution in [-0.2, 0) is 7.05 Å². The average Bonchev–Trinajstić information content (AvgIpc) is 2.69. The molecule has 8 nitrogen and oxygen atoms in total. The number of azide groups is 1. The van der Waals surface area contributed by atoms with E-state index in [4.69, 9.17) is 5.53 Å². The van der Waals surface area contributed by atoms with Gasteiger partial charge in [-0.05, 0) is 29.7 Å². The normalized spacial score (nSPS) is 9.79. The molecular weight excluding hydrogens is 246 g/mol. The fourth-order valence-electron chi connectivity index (χ4n) is 1.44. The van der Waals surface area contributed by atoms with Gasteiger partial charge >= 0.3 is 0 Å². The van der Waals surface area contributed by atoms with Gasteiger partial charge < -0.3 is 5.32 Å². The molecular formula is C11H11N7O. The van der Waals surface area contributed by atoms with Gasteiger partial charge in [0.1, 0.15) is 5.82 Å². The smallest absolute Gasteiger partial charge is 0.258 e. The maximum absolute atomic E-state index is 11.9. The van der Waals surface area contributed by atoms with Crippen LogP contribution >= 0.6 is 0 Å². The van der Waals surface area contributed by atoms with Crippen molar-refractivity contribution < 1.29 is 4.79 Å². The molecule has 0 aromatic carbocycles. The summed E-state index contributed by atoms with van der Waals surface area (Å²) in [5.74, 6) is 0.370. The topological polar surface area (TPSA) is 109 Å². The first-order chi connectivity index (χ1) is 9.10. The molecule has 2 heterocycles. The molecule has 8 heteroatoms. The predicted molar refractivity (Wildman–Crippen MR) is 68.9 cm³/mol. The van der Waals surface area contributed by atoms with E-state index in [0.29, 0.717) is 11.4 Å². The lowest BCUT2D eigenvalue weighted by atomic mass is 10.2. The van der Waals surface area contributed by atoms with Crippen molar-refractivity contribution in [3.8, 4) is 0 Å². The minimum absolute atomic E-state index is 0.215. The van der Waals surface area contributed by atoms with Crippen LogP contribution in [0.3, 0.4) is 0 Å². The minimum atomic E-state index is -0.321. The molecule has 2 aromatic heterocycles. The van der Waals surface area contributed by atoms with Crippen molar-refractivity contribution in [2.45, 2.75) is 6.92 Å². The number of carbonyl (C=O) groups excluding carboxylic acids is 1. The van der Waals surface area contributed by atoms with Crippen LogP contribution in [0, 0.1) is 6.92 Å². The van der Waals surface area contributed by atoms with Gasteiger partial charge in [-0.2, -0.15) is 5.10 Å². The first-order valence-electron chi connectivity index (χ1n) is 5.43. The Bertz CT molecular complexity index is 633. The Hall–Kier alpha value is -2.86. The van der Waals surface area contributed by atoms with Crippen LogP contribution in [0.1, 0.15) is 16.1 Å². The molecule has 0 atom stereocenters. The van der Waals surface area contributed by atoms with Gasteiger partial charge in [-0.15, -0.1) is 0 Å². The number of anilines is 1. The zero-order chi connectivity index (χ0) is 13.8. The quantitative estimate of drug-likeness (QED) is 0.517. The Morgan fingerprint density at radius 1 is 1.53 bits per heavy atom. The Labute approximate surface area is 108 Å². The number of pyridine rings is 1. The molecule has 0 unspecified atom stereocenters. The third-order valence-corrected chi connectivity index (χ3v) is 2.51. The number of hydrogen-bond acceptors (Lipinski definition) is 4. The molecule has 96 valence electrons. The molecule has 0 aliphatic heterocycles. The summed E-state index contributed by atoms with van der Waals surface area (Å²) in [6, 6.07) is 4.76. The van der Waals surface area contributed by atoms with Crippen molar-refractivity contribution in [1.29, 1.82) is 0 Å². The zero-order valence-electron chi connectivity index (χ0n) is 10.4. The Kier molecular flexibility index (Phi) is 3.44. The molecule has 2 rings (SSSR count). The molecule has 0 saturated carbocycles. The summed E-state index contributed by atoms with van der Waals surface area (Å²) in [6.07, 6.45) is 1.34. The second-order valence-electron chi connectivity index (χ2n) is 3.84. The Morgan fingerprint density at radius 2 is 2.32 bits per heavy atom. The lowest BCUT2D eigenvalue weighted by Crippen LogP contribution is -2.12. The number of nitrogens with one attached hydrogen (secondary N) is 1. The average molecular weight is 257 g/mol. The van der Waals surface area contributed by atoms with Gasteiger partial charge in [0, 0.05) is 29.9 Å². The second kappa shape index (κ2) is 5.19. The SMILES string of the molecule is Cc1cc(NC(=O)c2ccc(N=[N+]=[N-])nc2)nn1C. The lowest BCUT2D eigenvalue weighted by Gasteiger charge is -2.01. The van der Waals surface area contributed by atoms with Crippen molar-refractivity contribution in [3.05, 3.63) is 46.1 Å². The van der Waals surface area contributed by atoms with Crippen LogP contribution in [0.2, 0.25) is 0 Å². The van der Waals surface area contributed by atoms with Gasteiger partial charge in [0.25, 0.3) is 5.91 Å². The van der Waals surface area contributed by atoms with Crippen molar-refractivity contribution in [3.63, 3.8) is 0 Å². The largest absolute Gasteiger partial charge is 0.305 e. The van der Waals surface area contributed by atoms with Gasteiger partial charge in [0.15, 0.2) is 5.82 Å². The van der Waals surface area contributed by atoms with Crippen LogP contribution in [-0.4, -0.2) is 20.7 Å². The summed E-state index contributed by atoms with van der Waals surface area (Å²) in [5, 5.41) is 10.1. The highest BCUT2D eigenvalue weighted by Gasteiger charge is 2.09. The van der Waals surface area contributed by atoms with Crippen molar-refractivity contribution in [1.82, 2.24) is 14.8 Å². The van der Waals surface area contributed by atoms with Crippen LogP contribution in [0.15, 0.2) is 29.5 Å². The maximum Gasteiger partial charge on any atom is 0.258 e. The van der Waals surface area contributed by atoms with E-state index in [1.54, 1.807) is 17.8 Å². The molecule has 1 amide bonds. The summed E-state index contributed by atoms with van der Waals surface area (Å²) in [7, 11) is 1.79. The molecule has 1 N–H and O–H groups in total. The fourth-order valence-corrected chi connectivity index (χ4v) is 1.44. The molecule has 0 radical (unpaired) electrons. The second-order valence-corrected chi connectivity index (χ2v) is 3.84. The number of aryl methyl sites for hydroxylation is 2. The van der Waals surface area contributed by atoms with Crippen molar-refractivity contribution in [2.75, 3.05) is 5.32 Å². The van der Waals surface area contributed by atoms with E-state index < -0.39 is 0 Å². The van der Waals surface area contributed by atoms with E-state index in [0.717, 1.165) is 5.69 Å². The van der Waals surface area contributed by atoms with Crippen LogP contribution in [0.4, 0.5) is 11.6 Å². The van der Waals surface area contributed by atoms with Gasteiger partial charge in [-0.3, -0.25) is 14.5 Å². The number of hydrogen-bond donors (Lipinski definition) is 1. The van der Waals surface area contributed by atoms with Crippen LogP contribution in [0.25, 0.3) is 10.4 Å². The summed E-state index contributed by atoms with van der Waals surface area (Å²) < 4.78 is 1.67. The standard InChI is InChI=1S/C11H11N7O/c1-7-5-10(16-18(7)2)14-11(19)8-3-4-9(13-6-8)15-17-12/h3-6H,1-2H3,(H,14,16,19). The highest BCUT2D eigenvalue weighted by atomic mass is 16.1. The summed E-state index contributed by atoms with van der Waals surface area (Å²) in [4.78, 5) is 18.4. The highest BCUT2D eigenvalue weighted by Crippen LogP contribution is 2.11. The zero-order valence-corrected chi connectivity index (χ0v) is 10.4. The van der Waals surface area contributed by atoms with E-state index in [1.165, 1.54) is 18.3 Å². The van der Waals surface area contributed by atoms with E-state index in [-0.39, 0.29) is 11.7 Å². The van der Waals surface area contributed by atoms with E-state index in [2.05, 4.69) is 25.4 Å². The molecule has 0 bridgehead atoms. The molecule has 0 aliphatic carbocycles. The minimum Gasteiger partial charge on any atom is -0.305 e. The van der Waals surface area contributed by atoms with Gasteiger partial charge in [0.2, 0.25) is 0 Å². The van der Waals surface area contributed by atoms with Crippen molar-refractivity contribution >= 4 is 17.5 Å². The number of nitrogens with zero attached hydrogens (tertiary/aromatic N) is 6. The first-order valence-corrected chi connectivity index (χ1v) is 5.43. The maximum atomic E-state index is 11.9. The number of aromatic nitrogens is 3. The highest BCUT2D eigenvalue weighted by molar-refractivity contribution is 6.03. The molecule has 2 aromatic rings. The molecule has 0 aliphatic rings. The molecule has 19 heavy (non-hydrogen) atoms. The Balaban J connectivity index is 2.13. The number of amides is 1. The molecule has 0 spiro atoms. The predicted octanol–water partition coefficient (Wildman–Crippen LogP) is 2.32. The Morgan fingerprint density at radius 3 is 2.84 bits per heavy atom. The van der Waals surface area contributed by atoms with Gasteiger partial charge in [-0.1, -0.05) is 0 Å². The number of rotatable bonds is 3. The van der Waals surface area contributed by atoms with Gasteiger partial charge in [0.05, 0.1) is 5.56 Å². The fraction of sp³-hybridized carbons (Fsp3) is 0.182. The van der Waals surface area contributed by atoms with Crippen molar-refractivity contribution in [2.24, 2.45) is 12.2 Å². The van der Waals surface area contributed by atoms with E-state index in [9.17, 15) is 4.79 Å². The van der Waals surface area contributed by atoms with E-state index in [1.807, 2.05) is 6.92 Å². The summed E-state index contributed by atoms with van der Waals surface area (Å²) in [5.41, 5.74) is 9.55. The molecule has 0 saturated heterocycles. The first kappa shape index (κ1) is 12.6. The van der Waals surface area contributed by atoms with Crippen LogP contribution in [0.5, 0.6) is 0 Å². The third-order valence-electron chi connectivity index (χ3n) is 2.51. The molecule has 0 fully saturated rings.